The molecular formula is C14H26N2O2. The van der Waals surface area contributed by atoms with E-state index in [0.29, 0.717) is 12.8 Å². The number of hydrogen-bond donors (Lipinski definition) is 1. The van der Waals surface area contributed by atoms with Crippen LogP contribution in [-0.4, -0.2) is 34.8 Å². The zero-order valence-electron chi connectivity index (χ0n) is 12.1. The van der Waals surface area contributed by atoms with Crippen LogP contribution in [0.2, 0.25) is 0 Å². The molecule has 1 heterocycles. The Morgan fingerprint density at radius 3 is 2.56 bits per heavy atom. The van der Waals surface area contributed by atoms with Crippen molar-refractivity contribution in [1.29, 1.82) is 0 Å². The van der Waals surface area contributed by atoms with Crippen molar-refractivity contribution in [2.75, 3.05) is 6.54 Å². The molecule has 1 N–H and O–H groups in total. The van der Waals surface area contributed by atoms with Gasteiger partial charge in [-0.05, 0) is 26.7 Å². The number of rotatable bonds is 5. The van der Waals surface area contributed by atoms with E-state index >= 15 is 0 Å². The maximum Gasteiger partial charge on any atom is 0.248 e. The first-order chi connectivity index (χ1) is 8.44. The van der Waals surface area contributed by atoms with E-state index in [1.54, 1.807) is 0 Å². The van der Waals surface area contributed by atoms with Gasteiger partial charge in [0, 0.05) is 19.0 Å². The third-order valence-corrected chi connectivity index (χ3v) is 3.87. The summed E-state index contributed by atoms with van der Waals surface area (Å²) in [6, 6.07) is 0.00253. The molecule has 4 heteroatoms. The summed E-state index contributed by atoms with van der Waals surface area (Å²) in [5.74, 6) is 0.0534. The number of nitrogens with zero attached hydrogens (tertiary/aromatic N) is 1. The van der Waals surface area contributed by atoms with Crippen LogP contribution in [0, 0.1) is 0 Å². The van der Waals surface area contributed by atoms with Crippen LogP contribution in [0.5, 0.6) is 0 Å². The van der Waals surface area contributed by atoms with E-state index in [2.05, 4.69) is 12.2 Å². The van der Waals surface area contributed by atoms with Gasteiger partial charge < -0.3 is 10.2 Å². The average Bonchev–Trinajstić information content (AvgIpc) is 2.39. The number of carbonyl (C=O) groups excluding carboxylic acids is 2. The SMILES string of the molecule is CCCCCN1C(=O)C(C)(CC)NC(=O)CC1C. The Hall–Kier alpha value is -1.06. The summed E-state index contributed by atoms with van der Waals surface area (Å²) in [6.45, 7) is 8.65. The Bertz CT molecular complexity index is 317. The van der Waals surface area contributed by atoms with Crippen LogP contribution >= 0.6 is 0 Å². The lowest BCUT2D eigenvalue weighted by Crippen LogP contribution is -2.55. The van der Waals surface area contributed by atoms with Crippen molar-refractivity contribution in [3.8, 4) is 0 Å². The highest BCUT2D eigenvalue weighted by molar-refractivity contribution is 5.93. The van der Waals surface area contributed by atoms with Gasteiger partial charge >= 0.3 is 0 Å². The van der Waals surface area contributed by atoms with Gasteiger partial charge in [0.25, 0.3) is 0 Å². The van der Waals surface area contributed by atoms with E-state index in [-0.39, 0.29) is 17.9 Å². The minimum atomic E-state index is -0.728. The maximum atomic E-state index is 12.6. The van der Waals surface area contributed by atoms with Gasteiger partial charge in [0.1, 0.15) is 5.54 Å². The second-order valence-corrected chi connectivity index (χ2v) is 5.49. The van der Waals surface area contributed by atoms with Crippen LogP contribution in [0.25, 0.3) is 0 Å². The molecule has 4 nitrogen and oxygen atoms in total. The van der Waals surface area contributed by atoms with E-state index in [4.69, 9.17) is 0 Å². The van der Waals surface area contributed by atoms with Crippen molar-refractivity contribution < 1.29 is 9.59 Å². The second-order valence-electron chi connectivity index (χ2n) is 5.49. The minimum absolute atomic E-state index is 0.00253. The summed E-state index contributed by atoms with van der Waals surface area (Å²) in [6.07, 6.45) is 4.32. The highest BCUT2D eigenvalue weighted by atomic mass is 16.2. The number of hydrogen-bond acceptors (Lipinski definition) is 2. The van der Waals surface area contributed by atoms with Gasteiger partial charge in [-0.2, -0.15) is 0 Å². The molecule has 0 aromatic carbocycles. The molecule has 1 fully saturated rings. The van der Waals surface area contributed by atoms with Gasteiger partial charge in [0.05, 0.1) is 0 Å². The Balaban J connectivity index is 2.84. The molecule has 2 unspecified atom stereocenters. The lowest BCUT2D eigenvalue weighted by Gasteiger charge is -2.33. The third-order valence-electron chi connectivity index (χ3n) is 3.87. The number of nitrogens with one attached hydrogen (secondary N) is 1. The van der Waals surface area contributed by atoms with Crippen LogP contribution in [0.4, 0.5) is 0 Å². The van der Waals surface area contributed by atoms with Crippen molar-refractivity contribution in [1.82, 2.24) is 10.2 Å². The van der Waals surface area contributed by atoms with Gasteiger partial charge in [0.15, 0.2) is 0 Å². The molecule has 1 saturated heterocycles. The second kappa shape index (κ2) is 6.21. The molecule has 1 aliphatic heterocycles. The van der Waals surface area contributed by atoms with Gasteiger partial charge in [-0.25, -0.2) is 0 Å². The molecule has 0 bridgehead atoms. The molecule has 18 heavy (non-hydrogen) atoms. The average molecular weight is 254 g/mol. The van der Waals surface area contributed by atoms with Crippen LogP contribution in [-0.2, 0) is 9.59 Å². The lowest BCUT2D eigenvalue weighted by molar-refractivity contribution is -0.139. The Morgan fingerprint density at radius 2 is 2.00 bits per heavy atom. The summed E-state index contributed by atoms with van der Waals surface area (Å²) in [7, 11) is 0. The largest absolute Gasteiger partial charge is 0.342 e. The molecule has 0 aromatic rings. The first-order valence-corrected chi connectivity index (χ1v) is 7.06. The number of unbranched alkanes of at least 4 members (excludes halogenated alkanes) is 2. The Kier molecular flexibility index (Phi) is 5.17. The standard InChI is InChI=1S/C14H26N2O2/c1-5-7-8-9-16-11(3)10-12(17)15-14(4,6-2)13(16)18/h11H,5-10H2,1-4H3,(H,15,17). The molecule has 1 aliphatic rings. The van der Waals surface area contributed by atoms with Crippen molar-refractivity contribution in [2.24, 2.45) is 0 Å². The molecular weight excluding hydrogens is 228 g/mol. The summed E-state index contributed by atoms with van der Waals surface area (Å²) >= 11 is 0. The fourth-order valence-electron chi connectivity index (χ4n) is 2.40. The van der Waals surface area contributed by atoms with Crippen molar-refractivity contribution in [3.05, 3.63) is 0 Å². The molecule has 1 rings (SSSR count). The van der Waals surface area contributed by atoms with E-state index < -0.39 is 5.54 Å². The van der Waals surface area contributed by atoms with E-state index in [1.807, 2.05) is 25.7 Å². The molecule has 0 aromatic heterocycles. The molecule has 0 aliphatic carbocycles. The fraction of sp³-hybridized carbons (Fsp3) is 0.857. The summed E-state index contributed by atoms with van der Waals surface area (Å²) in [5, 5.41) is 2.88. The smallest absolute Gasteiger partial charge is 0.248 e. The van der Waals surface area contributed by atoms with E-state index in [0.717, 1.165) is 25.8 Å². The Labute approximate surface area is 110 Å². The summed E-state index contributed by atoms with van der Waals surface area (Å²) < 4.78 is 0. The maximum absolute atomic E-state index is 12.6. The van der Waals surface area contributed by atoms with E-state index in [1.165, 1.54) is 0 Å². The van der Waals surface area contributed by atoms with Crippen LogP contribution < -0.4 is 5.32 Å². The fourth-order valence-corrected chi connectivity index (χ4v) is 2.40. The van der Waals surface area contributed by atoms with Crippen LogP contribution in [0.1, 0.15) is 59.8 Å². The van der Waals surface area contributed by atoms with Crippen LogP contribution in [0.3, 0.4) is 0 Å². The monoisotopic (exact) mass is 254 g/mol. The van der Waals surface area contributed by atoms with Crippen molar-refractivity contribution in [2.45, 2.75) is 71.4 Å². The lowest BCUT2D eigenvalue weighted by atomic mass is 9.97. The summed E-state index contributed by atoms with van der Waals surface area (Å²) in [4.78, 5) is 26.2. The first kappa shape index (κ1) is 15.0. The topological polar surface area (TPSA) is 49.4 Å². The van der Waals surface area contributed by atoms with E-state index in [9.17, 15) is 9.59 Å². The molecule has 0 saturated carbocycles. The van der Waals surface area contributed by atoms with Crippen molar-refractivity contribution in [3.63, 3.8) is 0 Å². The van der Waals surface area contributed by atoms with Crippen LogP contribution in [0.15, 0.2) is 0 Å². The first-order valence-electron chi connectivity index (χ1n) is 7.06. The molecule has 0 radical (unpaired) electrons. The van der Waals surface area contributed by atoms with Gasteiger partial charge in [0.2, 0.25) is 11.8 Å². The molecule has 0 spiro atoms. The molecule has 2 amide bonds. The van der Waals surface area contributed by atoms with Gasteiger partial charge in [-0.3, -0.25) is 9.59 Å². The zero-order valence-corrected chi connectivity index (χ0v) is 12.1. The number of carbonyl (C=O) groups is 2. The highest BCUT2D eigenvalue weighted by Gasteiger charge is 2.41. The Morgan fingerprint density at radius 1 is 1.33 bits per heavy atom. The van der Waals surface area contributed by atoms with Crippen molar-refractivity contribution >= 4 is 11.8 Å². The molecule has 104 valence electrons. The van der Waals surface area contributed by atoms with Gasteiger partial charge in [-0.15, -0.1) is 0 Å². The molecule has 2 atom stereocenters. The van der Waals surface area contributed by atoms with Gasteiger partial charge in [-0.1, -0.05) is 26.7 Å². The third kappa shape index (κ3) is 3.24. The quantitative estimate of drug-likeness (QED) is 0.764. The highest BCUT2D eigenvalue weighted by Crippen LogP contribution is 2.21. The predicted molar refractivity (Wildman–Crippen MR) is 72.2 cm³/mol. The minimum Gasteiger partial charge on any atom is -0.342 e. The number of amides is 2. The predicted octanol–water partition coefficient (Wildman–Crippen LogP) is 2.08. The normalized spacial score (nSPS) is 29.1. The zero-order chi connectivity index (χ0) is 13.8. The summed E-state index contributed by atoms with van der Waals surface area (Å²) in [5.41, 5.74) is -0.728.